The van der Waals surface area contributed by atoms with Crippen molar-refractivity contribution in [1.82, 2.24) is 0 Å². The van der Waals surface area contributed by atoms with Gasteiger partial charge in [-0.15, -0.1) is 0 Å². The van der Waals surface area contributed by atoms with Crippen molar-refractivity contribution in [3.63, 3.8) is 0 Å². The number of benzene rings is 1. The molecule has 0 aliphatic heterocycles. The lowest BCUT2D eigenvalue weighted by atomic mass is 10.1. The molecule has 0 spiro atoms. The maximum absolute atomic E-state index is 9.74. The number of hydrogen-bond acceptors (Lipinski definition) is 1. The molecule has 1 N–H and O–H groups in total. The summed E-state index contributed by atoms with van der Waals surface area (Å²) in [6.45, 7) is 4.23. The molecule has 1 aromatic carbocycles. The van der Waals surface area contributed by atoms with E-state index < -0.39 is 0 Å². The molecule has 1 aromatic rings. The van der Waals surface area contributed by atoms with E-state index in [9.17, 15) is 5.11 Å². The van der Waals surface area contributed by atoms with Gasteiger partial charge in [0, 0.05) is 0 Å². The third-order valence-corrected chi connectivity index (χ3v) is 2.91. The second-order valence-corrected chi connectivity index (χ2v) is 4.52. The summed E-state index contributed by atoms with van der Waals surface area (Å²) in [4.78, 5) is 0. The highest BCUT2D eigenvalue weighted by Gasteiger charge is 2.05. The van der Waals surface area contributed by atoms with Gasteiger partial charge in [-0.25, -0.2) is 0 Å². The Morgan fingerprint density at radius 3 is 2.69 bits per heavy atom. The molecular formula is C11H15IO. The van der Waals surface area contributed by atoms with E-state index in [1.165, 1.54) is 12.0 Å². The van der Waals surface area contributed by atoms with Crippen molar-refractivity contribution in [2.45, 2.75) is 33.1 Å². The highest BCUT2D eigenvalue weighted by atomic mass is 127. The molecule has 0 unspecified atom stereocenters. The van der Waals surface area contributed by atoms with Crippen molar-refractivity contribution in [2.24, 2.45) is 0 Å². The second-order valence-electron chi connectivity index (χ2n) is 3.36. The molecule has 1 rings (SSSR count). The molecule has 13 heavy (non-hydrogen) atoms. The molecule has 0 atom stereocenters. The molecule has 0 bridgehead atoms. The van der Waals surface area contributed by atoms with Crippen molar-refractivity contribution < 1.29 is 5.11 Å². The highest BCUT2D eigenvalue weighted by molar-refractivity contribution is 14.1. The predicted octanol–water partition coefficient (Wildman–Crippen LogP) is 3.65. The minimum atomic E-state index is 0.472. The van der Waals surface area contributed by atoms with Crippen LogP contribution in [-0.2, 0) is 6.42 Å². The topological polar surface area (TPSA) is 20.2 Å². The molecule has 72 valence electrons. The van der Waals surface area contributed by atoms with Gasteiger partial charge in [-0.05, 0) is 59.5 Å². The maximum atomic E-state index is 9.74. The van der Waals surface area contributed by atoms with Gasteiger partial charge < -0.3 is 5.11 Å². The van der Waals surface area contributed by atoms with Crippen molar-refractivity contribution in [3.8, 4) is 5.75 Å². The van der Waals surface area contributed by atoms with Gasteiger partial charge in [0.25, 0.3) is 0 Å². The normalized spacial score (nSPS) is 10.4. The van der Waals surface area contributed by atoms with Gasteiger partial charge in [0.2, 0.25) is 0 Å². The number of rotatable bonds is 3. The van der Waals surface area contributed by atoms with Crippen LogP contribution >= 0.6 is 22.6 Å². The molecule has 0 aromatic heterocycles. The fourth-order valence-corrected chi connectivity index (χ4v) is 2.20. The molecule has 0 heterocycles. The quantitative estimate of drug-likeness (QED) is 0.842. The van der Waals surface area contributed by atoms with E-state index >= 15 is 0 Å². The first-order valence-corrected chi connectivity index (χ1v) is 5.71. The summed E-state index contributed by atoms with van der Waals surface area (Å²) in [6.07, 6.45) is 3.30. The van der Waals surface area contributed by atoms with Gasteiger partial charge in [-0.1, -0.05) is 19.4 Å². The van der Waals surface area contributed by atoms with Crippen molar-refractivity contribution >= 4 is 22.6 Å². The zero-order valence-electron chi connectivity index (χ0n) is 8.10. The molecule has 2 heteroatoms. The number of phenolic OH excluding ortho intramolecular Hbond substituents is 1. The largest absolute Gasteiger partial charge is 0.507 e. The Bertz CT molecular complexity index is 294. The first kappa shape index (κ1) is 10.8. The standard InChI is InChI=1S/C11H15IO/c1-3-4-5-9-6-8(2)7-10(12)11(9)13/h6-7,13H,3-5H2,1-2H3. The average molecular weight is 290 g/mol. The number of unbranched alkanes of at least 4 members (excludes halogenated alkanes) is 1. The van der Waals surface area contributed by atoms with E-state index in [0.717, 1.165) is 22.0 Å². The summed E-state index contributed by atoms with van der Waals surface area (Å²) < 4.78 is 0.962. The van der Waals surface area contributed by atoms with Gasteiger partial charge in [-0.3, -0.25) is 0 Å². The summed E-state index contributed by atoms with van der Waals surface area (Å²) in [5.41, 5.74) is 2.32. The third-order valence-electron chi connectivity index (χ3n) is 2.09. The minimum absolute atomic E-state index is 0.472. The second kappa shape index (κ2) is 4.84. The van der Waals surface area contributed by atoms with Gasteiger partial charge in [0.15, 0.2) is 0 Å². The van der Waals surface area contributed by atoms with E-state index in [1.807, 2.05) is 6.07 Å². The van der Waals surface area contributed by atoms with E-state index in [4.69, 9.17) is 0 Å². The molecule has 0 aliphatic rings. The zero-order valence-corrected chi connectivity index (χ0v) is 10.3. The fraction of sp³-hybridized carbons (Fsp3) is 0.455. The van der Waals surface area contributed by atoms with Gasteiger partial charge >= 0.3 is 0 Å². The fourth-order valence-electron chi connectivity index (χ4n) is 1.36. The number of aromatic hydroxyl groups is 1. The zero-order chi connectivity index (χ0) is 9.84. The average Bonchev–Trinajstić information content (AvgIpc) is 2.09. The van der Waals surface area contributed by atoms with E-state index in [2.05, 4.69) is 42.5 Å². The smallest absolute Gasteiger partial charge is 0.132 e. The number of phenols is 1. The first-order chi connectivity index (χ1) is 6.15. The Hall–Kier alpha value is -0.250. The third kappa shape index (κ3) is 2.86. The Labute approximate surface area is 93.3 Å². The molecular weight excluding hydrogens is 275 g/mol. The van der Waals surface area contributed by atoms with Crippen LogP contribution in [0.15, 0.2) is 12.1 Å². The number of hydrogen-bond donors (Lipinski definition) is 1. The highest BCUT2D eigenvalue weighted by Crippen LogP contribution is 2.27. The van der Waals surface area contributed by atoms with Crippen LogP contribution in [0.3, 0.4) is 0 Å². The van der Waals surface area contributed by atoms with Crippen molar-refractivity contribution in [3.05, 3.63) is 26.8 Å². The molecule has 0 amide bonds. The van der Waals surface area contributed by atoms with E-state index in [-0.39, 0.29) is 0 Å². The van der Waals surface area contributed by atoms with Crippen LogP contribution in [0.25, 0.3) is 0 Å². The summed E-state index contributed by atoms with van der Waals surface area (Å²) in [6, 6.07) is 4.08. The van der Waals surface area contributed by atoms with Gasteiger partial charge in [-0.2, -0.15) is 0 Å². The van der Waals surface area contributed by atoms with E-state index in [1.54, 1.807) is 0 Å². The van der Waals surface area contributed by atoms with Crippen LogP contribution in [-0.4, -0.2) is 5.11 Å². The molecule has 0 fully saturated rings. The Kier molecular flexibility index (Phi) is 4.03. The van der Waals surface area contributed by atoms with Gasteiger partial charge in [0.05, 0.1) is 3.57 Å². The number of aryl methyl sites for hydroxylation is 2. The summed E-state index contributed by atoms with van der Waals surface area (Å²) in [5.74, 6) is 0.472. The Morgan fingerprint density at radius 1 is 1.38 bits per heavy atom. The lowest BCUT2D eigenvalue weighted by molar-refractivity contribution is 0.463. The molecule has 1 nitrogen and oxygen atoms in total. The van der Waals surface area contributed by atoms with Gasteiger partial charge in [0.1, 0.15) is 5.75 Å². The lowest BCUT2D eigenvalue weighted by Crippen LogP contribution is -1.89. The molecule has 0 saturated heterocycles. The summed E-state index contributed by atoms with van der Waals surface area (Å²) >= 11 is 2.18. The lowest BCUT2D eigenvalue weighted by Gasteiger charge is -2.07. The molecule has 0 saturated carbocycles. The Balaban J connectivity index is 2.92. The number of halogens is 1. The van der Waals surface area contributed by atoms with Crippen molar-refractivity contribution in [1.29, 1.82) is 0 Å². The van der Waals surface area contributed by atoms with E-state index in [0.29, 0.717) is 5.75 Å². The van der Waals surface area contributed by atoms with Crippen LogP contribution < -0.4 is 0 Å². The summed E-state index contributed by atoms with van der Waals surface area (Å²) in [5, 5.41) is 9.74. The molecule has 0 aliphatic carbocycles. The summed E-state index contributed by atoms with van der Waals surface area (Å²) in [7, 11) is 0. The maximum Gasteiger partial charge on any atom is 0.132 e. The van der Waals surface area contributed by atoms with Crippen molar-refractivity contribution in [2.75, 3.05) is 0 Å². The minimum Gasteiger partial charge on any atom is -0.507 e. The SMILES string of the molecule is CCCCc1cc(C)cc(I)c1O. The van der Waals surface area contributed by atoms with Crippen LogP contribution in [0, 0.1) is 10.5 Å². The van der Waals surface area contributed by atoms with Crippen LogP contribution in [0.4, 0.5) is 0 Å². The Morgan fingerprint density at radius 2 is 2.08 bits per heavy atom. The predicted molar refractivity (Wildman–Crippen MR) is 64.2 cm³/mol. The molecule has 0 radical (unpaired) electrons. The van der Waals surface area contributed by atoms with Crippen LogP contribution in [0.1, 0.15) is 30.9 Å². The first-order valence-electron chi connectivity index (χ1n) is 4.63. The van der Waals surface area contributed by atoms with Crippen LogP contribution in [0.2, 0.25) is 0 Å². The van der Waals surface area contributed by atoms with Crippen LogP contribution in [0.5, 0.6) is 5.75 Å². The monoisotopic (exact) mass is 290 g/mol.